The maximum atomic E-state index is 12.1. The van der Waals surface area contributed by atoms with Crippen molar-refractivity contribution in [3.63, 3.8) is 0 Å². The number of benzene rings is 1. The number of hydrogen-bond acceptors (Lipinski definition) is 3. The molecule has 1 aromatic carbocycles. The maximum absolute atomic E-state index is 12.1. The second kappa shape index (κ2) is 7.97. The Hall–Kier alpha value is -0.230. The van der Waals surface area contributed by atoms with Crippen molar-refractivity contribution >= 4 is 26.7 Å². The molecule has 2 unspecified atom stereocenters. The Morgan fingerprint density at radius 3 is 2.59 bits per heavy atom. The summed E-state index contributed by atoms with van der Waals surface area (Å²) in [6.45, 7) is 2.95. The minimum atomic E-state index is -1.02. The van der Waals surface area contributed by atoms with Crippen molar-refractivity contribution in [1.82, 2.24) is 5.32 Å². The summed E-state index contributed by atoms with van der Waals surface area (Å²) < 4.78 is 13.1. The van der Waals surface area contributed by atoms with Crippen LogP contribution in [0.15, 0.2) is 33.6 Å². The van der Waals surface area contributed by atoms with Gasteiger partial charge in [0.1, 0.15) is 0 Å². The zero-order valence-electron chi connectivity index (χ0n) is 9.86. The minimum Gasteiger partial charge on any atom is -0.396 e. The average molecular weight is 320 g/mol. The van der Waals surface area contributed by atoms with E-state index >= 15 is 0 Å². The lowest BCUT2D eigenvalue weighted by atomic mass is 10.2. The van der Waals surface area contributed by atoms with Gasteiger partial charge in [0.15, 0.2) is 0 Å². The van der Waals surface area contributed by atoms with Gasteiger partial charge in [0.05, 0.1) is 10.8 Å². The van der Waals surface area contributed by atoms with Crippen molar-refractivity contribution in [2.45, 2.75) is 24.3 Å². The van der Waals surface area contributed by atoms with Crippen LogP contribution in [0.1, 0.15) is 13.3 Å². The number of aliphatic hydroxyl groups is 1. The largest absolute Gasteiger partial charge is 0.396 e. The van der Waals surface area contributed by atoms with E-state index in [9.17, 15) is 4.21 Å². The smallest absolute Gasteiger partial charge is 0.0545 e. The highest BCUT2D eigenvalue weighted by Gasteiger charge is 2.12. The molecule has 5 heteroatoms. The van der Waals surface area contributed by atoms with Crippen LogP contribution in [-0.4, -0.2) is 34.3 Å². The number of rotatable bonds is 7. The van der Waals surface area contributed by atoms with Gasteiger partial charge in [-0.15, -0.1) is 0 Å². The third-order valence-corrected chi connectivity index (χ3v) is 4.43. The molecule has 0 fully saturated rings. The molecular formula is C12H18BrNO2S. The maximum Gasteiger partial charge on any atom is 0.0545 e. The molecule has 2 N–H and O–H groups in total. The van der Waals surface area contributed by atoms with E-state index in [4.69, 9.17) is 5.11 Å². The molecule has 0 aliphatic rings. The third-order valence-electron chi connectivity index (χ3n) is 2.40. The van der Waals surface area contributed by atoms with Gasteiger partial charge in [-0.1, -0.05) is 22.9 Å². The van der Waals surface area contributed by atoms with E-state index in [0.29, 0.717) is 12.2 Å². The number of hydrogen-bond donors (Lipinski definition) is 2. The van der Waals surface area contributed by atoms with E-state index in [-0.39, 0.29) is 12.6 Å². The van der Waals surface area contributed by atoms with Crippen LogP contribution in [0.4, 0.5) is 0 Å². The van der Waals surface area contributed by atoms with Gasteiger partial charge in [0.25, 0.3) is 0 Å². The lowest BCUT2D eigenvalue weighted by molar-refractivity contribution is 0.270. The van der Waals surface area contributed by atoms with Crippen LogP contribution in [-0.2, 0) is 10.8 Å². The molecule has 0 heterocycles. The zero-order chi connectivity index (χ0) is 12.7. The Balaban J connectivity index is 2.60. The number of nitrogens with one attached hydrogen (secondary N) is 1. The quantitative estimate of drug-likeness (QED) is 0.807. The van der Waals surface area contributed by atoms with E-state index < -0.39 is 10.8 Å². The molecule has 0 bridgehead atoms. The molecule has 0 aromatic heterocycles. The Morgan fingerprint density at radius 1 is 1.41 bits per heavy atom. The highest BCUT2D eigenvalue weighted by Crippen LogP contribution is 2.14. The van der Waals surface area contributed by atoms with Crippen LogP contribution in [0.3, 0.4) is 0 Å². The molecular weight excluding hydrogens is 302 g/mol. The Morgan fingerprint density at radius 2 is 2.06 bits per heavy atom. The first-order valence-electron chi connectivity index (χ1n) is 5.65. The van der Waals surface area contributed by atoms with E-state index in [2.05, 4.69) is 21.2 Å². The first kappa shape index (κ1) is 14.8. The SMILES string of the molecule is CCNC(CCO)CS(=O)c1ccc(Br)cc1. The van der Waals surface area contributed by atoms with E-state index in [1.807, 2.05) is 31.2 Å². The van der Waals surface area contributed by atoms with Crippen molar-refractivity contribution < 1.29 is 9.32 Å². The summed E-state index contributed by atoms with van der Waals surface area (Å²) >= 11 is 3.35. The monoisotopic (exact) mass is 319 g/mol. The van der Waals surface area contributed by atoms with Crippen molar-refractivity contribution in [3.05, 3.63) is 28.7 Å². The van der Waals surface area contributed by atoms with Gasteiger partial charge in [-0.2, -0.15) is 0 Å². The van der Waals surface area contributed by atoms with Crippen LogP contribution in [0.2, 0.25) is 0 Å². The second-order valence-corrected chi connectivity index (χ2v) is 6.14. The van der Waals surface area contributed by atoms with E-state index in [1.54, 1.807) is 0 Å². The molecule has 0 spiro atoms. The third kappa shape index (κ3) is 5.29. The summed E-state index contributed by atoms with van der Waals surface area (Å²) in [5.41, 5.74) is 0. The summed E-state index contributed by atoms with van der Waals surface area (Å²) in [6.07, 6.45) is 0.635. The fourth-order valence-electron chi connectivity index (χ4n) is 1.55. The summed E-state index contributed by atoms with van der Waals surface area (Å²) in [5, 5.41) is 12.2. The van der Waals surface area contributed by atoms with Gasteiger partial charge in [0.2, 0.25) is 0 Å². The summed E-state index contributed by atoms with van der Waals surface area (Å²) in [7, 11) is -1.02. The fraction of sp³-hybridized carbons (Fsp3) is 0.500. The van der Waals surface area contributed by atoms with Crippen LogP contribution < -0.4 is 5.32 Å². The molecule has 0 amide bonds. The van der Waals surface area contributed by atoms with Gasteiger partial charge < -0.3 is 10.4 Å². The molecule has 1 rings (SSSR count). The molecule has 0 radical (unpaired) electrons. The highest BCUT2D eigenvalue weighted by atomic mass is 79.9. The van der Waals surface area contributed by atoms with Crippen molar-refractivity contribution in [3.8, 4) is 0 Å². The number of halogens is 1. The Labute approximate surface area is 113 Å². The predicted octanol–water partition coefficient (Wildman–Crippen LogP) is 1.92. The lowest BCUT2D eigenvalue weighted by Gasteiger charge is -2.16. The Kier molecular flexibility index (Phi) is 6.96. The molecule has 0 aliphatic carbocycles. The molecule has 17 heavy (non-hydrogen) atoms. The molecule has 96 valence electrons. The minimum absolute atomic E-state index is 0.106. The van der Waals surface area contributed by atoms with Gasteiger partial charge in [-0.3, -0.25) is 4.21 Å². The molecule has 0 aliphatic heterocycles. The Bertz CT molecular complexity index is 350. The van der Waals surface area contributed by atoms with Gasteiger partial charge in [0, 0.05) is 27.8 Å². The molecule has 1 aromatic rings. The van der Waals surface area contributed by atoms with E-state index in [0.717, 1.165) is 15.9 Å². The van der Waals surface area contributed by atoms with Crippen molar-refractivity contribution in [2.75, 3.05) is 18.9 Å². The molecule has 0 saturated carbocycles. The predicted molar refractivity (Wildman–Crippen MR) is 74.6 cm³/mol. The topological polar surface area (TPSA) is 49.3 Å². The van der Waals surface area contributed by atoms with Gasteiger partial charge in [-0.05, 0) is 37.2 Å². The number of aliphatic hydroxyl groups excluding tert-OH is 1. The van der Waals surface area contributed by atoms with Crippen LogP contribution in [0.5, 0.6) is 0 Å². The van der Waals surface area contributed by atoms with Crippen molar-refractivity contribution in [2.24, 2.45) is 0 Å². The van der Waals surface area contributed by atoms with Crippen LogP contribution in [0.25, 0.3) is 0 Å². The molecule has 3 nitrogen and oxygen atoms in total. The molecule has 2 atom stereocenters. The van der Waals surface area contributed by atoms with Crippen LogP contribution >= 0.6 is 15.9 Å². The standard InChI is InChI=1S/C12H18BrNO2S/c1-2-14-11(7-8-15)9-17(16)12-5-3-10(13)4-6-12/h3-6,11,14-15H,2,7-9H2,1H3. The van der Waals surface area contributed by atoms with E-state index in [1.165, 1.54) is 0 Å². The average Bonchev–Trinajstić information content (AvgIpc) is 2.30. The van der Waals surface area contributed by atoms with Gasteiger partial charge in [-0.25, -0.2) is 0 Å². The lowest BCUT2D eigenvalue weighted by Crippen LogP contribution is -2.34. The zero-order valence-corrected chi connectivity index (χ0v) is 12.3. The normalized spacial score (nSPS) is 14.5. The van der Waals surface area contributed by atoms with Crippen molar-refractivity contribution in [1.29, 1.82) is 0 Å². The summed E-state index contributed by atoms with van der Waals surface area (Å²) in [5.74, 6) is 0.538. The van der Waals surface area contributed by atoms with Crippen LogP contribution in [0, 0.1) is 0 Å². The fourth-order valence-corrected chi connectivity index (χ4v) is 3.10. The summed E-state index contributed by atoms with van der Waals surface area (Å²) in [4.78, 5) is 0.828. The first-order valence-corrected chi connectivity index (χ1v) is 7.76. The summed E-state index contributed by atoms with van der Waals surface area (Å²) in [6, 6.07) is 7.61. The highest BCUT2D eigenvalue weighted by molar-refractivity contribution is 9.10. The van der Waals surface area contributed by atoms with Gasteiger partial charge >= 0.3 is 0 Å². The molecule has 0 saturated heterocycles. The second-order valence-electron chi connectivity index (χ2n) is 3.73. The first-order chi connectivity index (χ1) is 8.17.